The molecule has 0 saturated heterocycles. The van der Waals surface area contributed by atoms with Gasteiger partial charge in [-0.3, -0.25) is 9.59 Å². The van der Waals surface area contributed by atoms with Gasteiger partial charge >= 0.3 is 11.9 Å². The van der Waals surface area contributed by atoms with Gasteiger partial charge < -0.3 is 9.47 Å². The zero-order chi connectivity index (χ0) is 26.9. The Morgan fingerprint density at radius 2 is 1.44 bits per heavy atom. The van der Waals surface area contributed by atoms with Gasteiger partial charge in [-0.2, -0.15) is 11.8 Å². The van der Waals surface area contributed by atoms with Crippen molar-refractivity contribution in [2.45, 2.75) is 91.9 Å². The average Bonchev–Trinajstić information content (AvgIpc) is 2.88. The minimum Gasteiger partial charge on any atom is -0.465 e. The van der Waals surface area contributed by atoms with Crippen LogP contribution < -0.4 is 0 Å². The largest absolute Gasteiger partial charge is 0.465 e. The minimum atomic E-state index is -0.601. The summed E-state index contributed by atoms with van der Waals surface area (Å²) < 4.78 is 10.8. The Balaban J connectivity index is 2.49. The van der Waals surface area contributed by atoms with E-state index in [4.69, 9.17) is 9.47 Å². The van der Waals surface area contributed by atoms with E-state index in [1.165, 1.54) is 0 Å². The van der Waals surface area contributed by atoms with Crippen LogP contribution in [0.3, 0.4) is 0 Å². The summed E-state index contributed by atoms with van der Waals surface area (Å²) in [5.41, 5.74) is 0.861. The summed E-state index contributed by atoms with van der Waals surface area (Å²) in [6.07, 6.45) is 12.8. The van der Waals surface area contributed by atoms with Crippen LogP contribution in [0.5, 0.6) is 0 Å². The molecule has 0 saturated carbocycles. The van der Waals surface area contributed by atoms with Crippen LogP contribution in [-0.4, -0.2) is 36.7 Å². The number of esters is 2. The molecule has 4 nitrogen and oxygen atoms in total. The first-order valence-electron chi connectivity index (χ1n) is 13.6. The summed E-state index contributed by atoms with van der Waals surface area (Å²) in [5, 5.41) is 0. The van der Waals surface area contributed by atoms with Crippen molar-refractivity contribution in [2.24, 2.45) is 5.41 Å². The zero-order valence-corrected chi connectivity index (χ0v) is 24.3. The predicted molar refractivity (Wildman–Crippen MR) is 153 cm³/mol. The number of ether oxygens (including phenoxy) is 2. The fraction of sp³-hybridized carbons (Fsp3) is 0.613. The third-order valence-electron chi connectivity index (χ3n) is 6.77. The quantitative estimate of drug-likeness (QED) is 0.112. The third-order valence-corrected chi connectivity index (χ3v) is 7.93. The standard InChI is InChI=1S/C31H48O4S/c1-7-11-19-26(8-2)30(5,28(32)34-9-3)22-15-17-24-36-25-18-16-23-31(6,29(33)35-10-4)27-20-13-12-14-21-27/h8,11-14,19-21H,7,9-10,15-18,22-25H2,1-6H3/b19-11-,26-8+. The topological polar surface area (TPSA) is 52.6 Å². The van der Waals surface area contributed by atoms with E-state index >= 15 is 0 Å². The Morgan fingerprint density at radius 1 is 0.861 bits per heavy atom. The highest BCUT2D eigenvalue weighted by Gasteiger charge is 2.37. The lowest BCUT2D eigenvalue weighted by Gasteiger charge is -2.29. The second-order valence-electron chi connectivity index (χ2n) is 9.55. The molecule has 5 heteroatoms. The van der Waals surface area contributed by atoms with Crippen LogP contribution in [0.1, 0.15) is 92.1 Å². The van der Waals surface area contributed by atoms with Crippen LogP contribution in [0.4, 0.5) is 0 Å². The number of carbonyl (C=O) groups excluding carboxylic acids is 2. The number of allylic oxidation sites excluding steroid dienone is 3. The van der Waals surface area contributed by atoms with Gasteiger partial charge in [-0.25, -0.2) is 0 Å². The molecule has 1 aromatic carbocycles. The molecule has 0 aliphatic rings. The average molecular weight is 517 g/mol. The highest BCUT2D eigenvalue weighted by molar-refractivity contribution is 7.99. The summed E-state index contributed by atoms with van der Waals surface area (Å²) in [6.45, 7) is 12.6. The van der Waals surface area contributed by atoms with Crippen molar-refractivity contribution in [3.63, 3.8) is 0 Å². The molecule has 0 fully saturated rings. The highest BCUT2D eigenvalue weighted by atomic mass is 32.2. The van der Waals surface area contributed by atoms with Crippen LogP contribution in [0, 0.1) is 5.41 Å². The first-order valence-corrected chi connectivity index (χ1v) is 14.8. The molecule has 0 radical (unpaired) electrons. The predicted octanol–water partition coefficient (Wildman–Crippen LogP) is 8.06. The summed E-state index contributed by atoms with van der Waals surface area (Å²) in [6, 6.07) is 9.98. The maximum Gasteiger partial charge on any atom is 0.316 e. The number of carbonyl (C=O) groups is 2. The van der Waals surface area contributed by atoms with Gasteiger partial charge in [-0.05, 0) is 89.4 Å². The summed E-state index contributed by atoms with van der Waals surface area (Å²) in [7, 11) is 0. The lowest BCUT2D eigenvalue weighted by Crippen LogP contribution is -2.34. The molecule has 0 N–H and O–H groups in total. The number of rotatable bonds is 18. The van der Waals surface area contributed by atoms with Crippen LogP contribution in [0.15, 0.2) is 54.1 Å². The molecule has 0 aromatic heterocycles. The molecule has 1 aromatic rings. The zero-order valence-electron chi connectivity index (χ0n) is 23.4. The molecule has 202 valence electrons. The number of benzene rings is 1. The van der Waals surface area contributed by atoms with Crippen molar-refractivity contribution >= 4 is 23.7 Å². The van der Waals surface area contributed by atoms with Gasteiger partial charge in [0.1, 0.15) is 0 Å². The van der Waals surface area contributed by atoms with Crippen molar-refractivity contribution in [1.29, 1.82) is 0 Å². The lowest BCUT2D eigenvalue weighted by atomic mass is 9.77. The molecular weight excluding hydrogens is 468 g/mol. The Hall–Kier alpha value is -2.01. The lowest BCUT2D eigenvalue weighted by molar-refractivity contribution is -0.152. The highest BCUT2D eigenvalue weighted by Crippen LogP contribution is 2.36. The Labute approximate surface area is 224 Å². The third kappa shape index (κ3) is 9.80. The monoisotopic (exact) mass is 516 g/mol. The van der Waals surface area contributed by atoms with E-state index in [0.29, 0.717) is 13.2 Å². The summed E-state index contributed by atoms with van der Waals surface area (Å²) in [4.78, 5) is 25.5. The SMILES string of the molecule is C/C=C(\C=C/CC)C(C)(CCCCSCCCCC(C)(C(=O)OCC)c1ccccc1)C(=O)OCC. The molecule has 0 aliphatic heterocycles. The van der Waals surface area contributed by atoms with Crippen LogP contribution in [0.2, 0.25) is 0 Å². The number of thioether (sulfide) groups is 1. The van der Waals surface area contributed by atoms with Gasteiger partial charge in [0.15, 0.2) is 0 Å². The van der Waals surface area contributed by atoms with E-state index in [9.17, 15) is 9.59 Å². The first kappa shape index (κ1) is 32.0. The first-order chi connectivity index (χ1) is 17.3. The fourth-order valence-electron chi connectivity index (χ4n) is 4.43. The molecule has 0 bridgehead atoms. The van der Waals surface area contributed by atoms with Crippen LogP contribution in [0.25, 0.3) is 0 Å². The number of unbranched alkanes of at least 4 members (excludes halogenated alkanes) is 2. The van der Waals surface area contributed by atoms with Gasteiger partial charge in [0, 0.05) is 0 Å². The molecule has 0 amide bonds. The van der Waals surface area contributed by atoms with Gasteiger partial charge in [-0.15, -0.1) is 0 Å². The van der Waals surface area contributed by atoms with Crippen LogP contribution >= 0.6 is 11.8 Å². The number of hydrogen-bond acceptors (Lipinski definition) is 5. The van der Waals surface area contributed by atoms with Gasteiger partial charge in [0.2, 0.25) is 0 Å². The molecular formula is C31H48O4S. The molecule has 0 aliphatic carbocycles. The summed E-state index contributed by atoms with van der Waals surface area (Å²) in [5.74, 6) is 1.88. The molecule has 0 heterocycles. The van der Waals surface area contributed by atoms with E-state index in [-0.39, 0.29) is 11.9 Å². The van der Waals surface area contributed by atoms with E-state index in [2.05, 4.69) is 19.1 Å². The molecule has 2 atom stereocenters. The number of hydrogen-bond donors (Lipinski definition) is 0. The maximum atomic E-state index is 12.8. The van der Waals surface area contributed by atoms with Gasteiger partial charge in [-0.1, -0.05) is 68.3 Å². The van der Waals surface area contributed by atoms with Crippen molar-refractivity contribution in [2.75, 3.05) is 24.7 Å². The Morgan fingerprint density at radius 3 is 2.00 bits per heavy atom. The minimum absolute atomic E-state index is 0.130. The van der Waals surface area contributed by atoms with E-state index in [1.807, 2.05) is 82.8 Å². The normalized spacial score (nSPS) is 15.3. The van der Waals surface area contributed by atoms with Gasteiger partial charge in [0.05, 0.1) is 24.0 Å². The van der Waals surface area contributed by atoms with E-state index < -0.39 is 10.8 Å². The fourth-order valence-corrected chi connectivity index (χ4v) is 5.45. The van der Waals surface area contributed by atoms with E-state index in [0.717, 1.165) is 67.6 Å². The maximum absolute atomic E-state index is 12.8. The van der Waals surface area contributed by atoms with Crippen molar-refractivity contribution in [1.82, 2.24) is 0 Å². The van der Waals surface area contributed by atoms with Crippen molar-refractivity contribution in [3.8, 4) is 0 Å². The second-order valence-corrected chi connectivity index (χ2v) is 10.8. The van der Waals surface area contributed by atoms with E-state index in [1.54, 1.807) is 0 Å². The Kier molecular flexibility index (Phi) is 15.5. The summed E-state index contributed by atoms with van der Waals surface area (Å²) >= 11 is 1.95. The smallest absolute Gasteiger partial charge is 0.316 e. The Bertz CT molecular complexity index is 832. The molecule has 2 unspecified atom stereocenters. The second kappa shape index (κ2) is 17.4. The van der Waals surface area contributed by atoms with Crippen molar-refractivity contribution < 1.29 is 19.1 Å². The van der Waals surface area contributed by atoms with Crippen molar-refractivity contribution in [3.05, 3.63) is 59.7 Å². The van der Waals surface area contributed by atoms with Gasteiger partial charge in [0.25, 0.3) is 0 Å². The molecule has 36 heavy (non-hydrogen) atoms. The van der Waals surface area contributed by atoms with Crippen LogP contribution in [-0.2, 0) is 24.5 Å². The molecule has 0 spiro atoms. The molecule has 1 rings (SSSR count).